The van der Waals surface area contributed by atoms with Gasteiger partial charge in [-0.15, -0.1) is 11.3 Å². The number of aromatic nitrogens is 1. The average molecular weight is 422 g/mol. The highest BCUT2D eigenvalue weighted by Crippen LogP contribution is 2.15. The van der Waals surface area contributed by atoms with Crippen molar-refractivity contribution in [3.63, 3.8) is 0 Å². The number of amides is 1. The van der Waals surface area contributed by atoms with E-state index in [1.165, 1.54) is 12.1 Å². The van der Waals surface area contributed by atoms with Crippen LogP contribution in [0.25, 0.3) is 12.2 Å². The van der Waals surface area contributed by atoms with Crippen molar-refractivity contribution in [2.45, 2.75) is 47.2 Å². The lowest BCUT2D eigenvalue weighted by atomic mass is 9.91. The molecule has 8 heteroatoms. The Balaban J connectivity index is 2.70. The van der Waals surface area contributed by atoms with Gasteiger partial charge in [-0.05, 0) is 32.1 Å². The molecule has 0 atom stereocenters. The molecule has 0 spiro atoms. The Morgan fingerprint density at radius 1 is 1.21 bits per heavy atom. The van der Waals surface area contributed by atoms with E-state index in [-0.39, 0.29) is 33.1 Å². The van der Waals surface area contributed by atoms with Gasteiger partial charge in [0.1, 0.15) is 22.8 Å². The second-order valence-corrected chi connectivity index (χ2v) is 9.02. The van der Waals surface area contributed by atoms with Crippen molar-refractivity contribution >= 4 is 35.2 Å². The van der Waals surface area contributed by atoms with Crippen molar-refractivity contribution in [3.05, 3.63) is 54.9 Å². The van der Waals surface area contributed by atoms with Crippen LogP contribution in [-0.4, -0.2) is 22.3 Å². The summed E-state index contributed by atoms with van der Waals surface area (Å²) in [6.07, 6.45) is 2.40. The number of hydrogen-bond donors (Lipinski definition) is 1. The van der Waals surface area contributed by atoms with E-state index in [2.05, 4.69) is 5.32 Å². The molecule has 1 aromatic carbocycles. The number of rotatable bonds is 5. The molecule has 2 rings (SSSR count). The fourth-order valence-electron chi connectivity index (χ4n) is 2.41. The predicted octanol–water partition coefficient (Wildman–Crippen LogP) is 1.94. The zero-order valence-corrected chi connectivity index (χ0v) is 17.8. The standard InChI is InChI=1S/C21H24F2N2O3S/c1-12(2)24-18(27)11-25-19(10-17(26)21(3,4)5)29-16(20(25)28)9-13-14(22)7-6-8-15(13)23/h6-10,12H,11H2,1-5H3,(H,24,27)/b16-9+,19-10-. The van der Waals surface area contributed by atoms with Gasteiger partial charge in [-0.25, -0.2) is 8.78 Å². The monoisotopic (exact) mass is 422 g/mol. The van der Waals surface area contributed by atoms with E-state index in [9.17, 15) is 23.2 Å². The summed E-state index contributed by atoms with van der Waals surface area (Å²) >= 11 is 0.909. The number of nitrogens with zero attached hydrogens (tertiary/aromatic N) is 1. The number of carbonyl (C=O) groups excluding carboxylic acids is 2. The third-order valence-corrected chi connectivity index (χ3v) is 5.02. The normalized spacial score (nSPS) is 13.2. The van der Waals surface area contributed by atoms with Gasteiger partial charge in [-0.1, -0.05) is 26.8 Å². The highest BCUT2D eigenvalue weighted by atomic mass is 32.1. The summed E-state index contributed by atoms with van der Waals surface area (Å²) in [5, 5.41) is 2.68. The van der Waals surface area contributed by atoms with Crippen LogP contribution in [0.4, 0.5) is 8.78 Å². The largest absolute Gasteiger partial charge is 0.352 e. The topological polar surface area (TPSA) is 68.2 Å². The lowest BCUT2D eigenvalue weighted by Crippen LogP contribution is -2.40. The minimum Gasteiger partial charge on any atom is -0.352 e. The molecule has 0 saturated heterocycles. The summed E-state index contributed by atoms with van der Waals surface area (Å²) in [6, 6.07) is 3.28. The van der Waals surface area contributed by atoms with Crippen LogP contribution in [0.5, 0.6) is 0 Å². The molecule has 1 heterocycles. The quantitative estimate of drug-likeness (QED) is 0.801. The number of thiazole rings is 1. The van der Waals surface area contributed by atoms with Crippen molar-refractivity contribution in [2.75, 3.05) is 0 Å². The molecule has 1 aromatic heterocycles. The molecule has 0 aliphatic carbocycles. The fourth-order valence-corrected chi connectivity index (χ4v) is 3.44. The van der Waals surface area contributed by atoms with Crippen LogP contribution in [-0.2, 0) is 16.1 Å². The molecule has 0 fully saturated rings. The Morgan fingerprint density at radius 2 is 1.79 bits per heavy atom. The molecule has 1 N–H and O–H groups in total. The first-order valence-corrected chi connectivity index (χ1v) is 9.92. The maximum absolute atomic E-state index is 14.0. The molecule has 156 valence electrons. The number of ketones is 1. The van der Waals surface area contributed by atoms with Gasteiger partial charge in [0.2, 0.25) is 5.91 Å². The van der Waals surface area contributed by atoms with E-state index in [4.69, 9.17) is 0 Å². The van der Waals surface area contributed by atoms with Crippen LogP contribution in [0.3, 0.4) is 0 Å². The first-order chi connectivity index (χ1) is 13.4. The van der Waals surface area contributed by atoms with Gasteiger partial charge in [-0.2, -0.15) is 0 Å². The molecule has 29 heavy (non-hydrogen) atoms. The van der Waals surface area contributed by atoms with Crippen LogP contribution in [0.1, 0.15) is 40.2 Å². The van der Waals surface area contributed by atoms with Crippen molar-refractivity contribution in [1.82, 2.24) is 9.88 Å². The third kappa shape index (κ3) is 5.69. The molecule has 0 aliphatic heterocycles. The highest BCUT2D eigenvalue weighted by Gasteiger charge is 2.20. The van der Waals surface area contributed by atoms with Crippen LogP contribution >= 0.6 is 11.3 Å². The fraction of sp³-hybridized carbons (Fsp3) is 0.381. The van der Waals surface area contributed by atoms with Gasteiger partial charge in [-0.3, -0.25) is 19.0 Å². The number of carbonyl (C=O) groups is 2. The molecule has 0 unspecified atom stereocenters. The number of halogens is 2. The summed E-state index contributed by atoms with van der Waals surface area (Å²) < 4.78 is 29.4. The van der Waals surface area contributed by atoms with Gasteiger partial charge in [0, 0.05) is 23.1 Å². The number of benzene rings is 1. The van der Waals surface area contributed by atoms with E-state index < -0.39 is 28.5 Å². The summed E-state index contributed by atoms with van der Waals surface area (Å²) in [4.78, 5) is 37.5. The zero-order chi connectivity index (χ0) is 21.9. The van der Waals surface area contributed by atoms with Crippen LogP contribution in [0, 0.1) is 17.0 Å². The lowest BCUT2D eigenvalue weighted by Gasteiger charge is -2.13. The van der Waals surface area contributed by atoms with E-state index in [0.717, 1.165) is 34.1 Å². The average Bonchev–Trinajstić information content (AvgIpc) is 2.85. The summed E-state index contributed by atoms with van der Waals surface area (Å²) in [5.74, 6) is -2.25. The minimum atomic E-state index is -0.807. The SMILES string of the molecule is CC(C)NC(=O)Cn1c(=O)/c(=C\c2c(F)cccc2F)s/c1=C\C(=O)C(C)(C)C. The number of hydrogen-bond acceptors (Lipinski definition) is 4. The van der Waals surface area contributed by atoms with Gasteiger partial charge in [0.05, 0.1) is 4.53 Å². The Morgan fingerprint density at radius 3 is 2.31 bits per heavy atom. The zero-order valence-electron chi connectivity index (χ0n) is 17.0. The summed E-state index contributed by atoms with van der Waals surface area (Å²) in [7, 11) is 0. The van der Waals surface area contributed by atoms with Crippen LogP contribution in [0.15, 0.2) is 23.0 Å². The Hall–Kier alpha value is -2.61. The van der Waals surface area contributed by atoms with Crippen LogP contribution in [0.2, 0.25) is 0 Å². The van der Waals surface area contributed by atoms with Crippen molar-refractivity contribution in [2.24, 2.45) is 5.41 Å². The van der Waals surface area contributed by atoms with Crippen molar-refractivity contribution < 1.29 is 18.4 Å². The maximum atomic E-state index is 14.0. The third-order valence-electron chi connectivity index (χ3n) is 3.96. The molecule has 0 aliphatic rings. The number of nitrogens with one attached hydrogen (secondary N) is 1. The van der Waals surface area contributed by atoms with Gasteiger partial charge >= 0.3 is 0 Å². The second kappa shape index (κ2) is 8.82. The number of Topliss-reactive ketones (excluding diaryl/α,β-unsaturated/α-hetero) is 1. The van der Waals surface area contributed by atoms with Crippen molar-refractivity contribution in [1.29, 1.82) is 0 Å². The van der Waals surface area contributed by atoms with E-state index in [0.29, 0.717) is 0 Å². The summed E-state index contributed by atoms with van der Waals surface area (Å²) in [5.41, 5.74) is -1.63. The highest BCUT2D eigenvalue weighted by molar-refractivity contribution is 7.07. The molecular weight excluding hydrogens is 398 g/mol. The van der Waals surface area contributed by atoms with Gasteiger partial charge in [0.25, 0.3) is 5.56 Å². The van der Waals surface area contributed by atoms with Crippen LogP contribution < -0.4 is 20.1 Å². The Kier molecular flexibility index (Phi) is 6.89. The molecule has 1 amide bonds. The van der Waals surface area contributed by atoms with E-state index in [1.54, 1.807) is 34.6 Å². The van der Waals surface area contributed by atoms with Gasteiger partial charge in [0.15, 0.2) is 5.78 Å². The molecule has 0 saturated carbocycles. The molecular formula is C21H24F2N2O3S. The first-order valence-electron chi connectivity index (χ1n) is 9.11. The van der Waals surface area contributed by atoms with E-state index >= 15 is 0 Å². The first kappa shape index (κ1) is 22.7. The second-order valence-electron chi connectivity index (χ2n) is 7.96. The van der Waals surface area contributed by atoms with E-state index in [1.807, 2.05) is 0 Å². The molecule has 5 nitrogen and oxygen atoms in total. The Bertz CT molecular complexity index is 1090. The maximum Gasteiger partial charge on any atom is 0.269 e. The lowest BCUT2D eigenvalue weighted by molar-refractivity contribution is -0.122. The Labute approximate surface area is 171 Å². The van der Waals surface area contributed by atoms with Gasteiger partial charge < -0.3 is 5.32 Å². The molecule has 0 radical (unpaired) electrons. The predicted molar refractivity (Wildman–Crippen MR) is 110 cm³/mol. The molecule has 0 bridgehead atoms. The van der Waals surface area contributed by atoms with Crippen molar-refractivity contribution in [3.8, 4) is 0 Å². The summed E-state index contributed by atoms with van der Waals surface area (Å²) in [6.45, 7) is 8.46. The minimum absolute atomic E-state index is 0.0271. The molecule has 2 aromatic rings. The smallest absolute Gasteiger partial charge is 0.269 e.